The van der Waals surface area contributed by atoms with Gasteiger partial charge in [0.1, 0.15) is 10.3 Å². The summed E-state index contributed by atoms with van der Waals surface area (Å²) >= 11 is 12.2. The third-order valence-corrected chi connectivity index (χ3v) is 5.08. The summed E-state index contributed by atoms with van der Waals surface area (Å²) in [5, 5.41) is 0. The minimum absolute atomic E-state index is 0.0794. The van der Waals surface area contributed by atoms with Crippen molar-refractivity contribution in [1.29, 1.82) is 0 Å². The number of hydrogen-bond acceptors (Lipinski definition) is 2. The van der Waals surface area contributed by atoms with E-state index < -0.39 is 19.8 Å². The van der Waals surface area contributed by atoms with E-state index in [9.17, 15) is 4.79 Å². The van der Waals surface area contributed by atoms with Gasteiger partial charge in [-0.1, -0.05) is 59.6 Å². The Bertz CT molecular complexity index is 615. The van der Waals surface area contributed by atoms with Crippen LogP contribution in [-0.4, -0.2) is 19.7 Å². The highest BCUT2D eigenvalue weighted by Gasteiger charge is 2.56. The van der Waals surface area contributed by atoms with Gasteiger partial charge in [0.25, 0.3) is 0 Å². The standard InChI is InChI=1S/C17H20Cl2O2Si/c1-5-17(21-22(2,3)4)11-13(20)15(17)14(16(18)19)12-9-7-6-8-10-12/h5-10,15H,1,11H2,2-4H3/t15-,17+/m0/s1. The van der Waals surface area contributed by atoms with Crippen LogP contribution in [0, 0.1) is 5.92 Å². The van der Waals surface area contributed by atoms with Crippen LogP contribution in [0.25, 0.3) is 5.57 Å². The van der Waals surface area contributed by atoms with Crippen molar-refractivity contribution < 1.29 is 9.22 Å². The minimum Gasteiger partial charge on any atom is -0.407 e. The number of ketones is 1. The molecule has 2 nitrogen and oxygen atoms in total. The maximum absolute atomic E-state index is 12.3. The van der Waals surface area contributed by atoms with E-state index in [0.717, 1.165) is 5.56 Å². The maximum atomic E-state index is 12.3. The Labute approximate surface area is 142 Å². The van der Waals surface area contributed by atoms with Crippen LogP contribution in [0.5, 0.6) is 0 Å². The second-order valence-corrected chi connectivity index (χ2v) is 11.9. The Balaban J connectivity index is 2.49. The van der Waals surface area contributed by atoms with Gasteiger partial charge in [-0.2, -0.15) is 0 Å². The highest BCUT2D eigenvalue weighted by Crippen LogP contribution is 2.50. The molecule has 0 heterocycles. The molecule has 0 amide bonds. The smallest absolute Gasteiger partial charge is 0.185 e. The summed E-state index contributed by atoms with van der Waals surface area (Å²) in [6, 6.07) is 9.49. The van der Waals surface area contributed by atoms with Crippen molar-refractivity contribution in [2.75, 3.05) is 0 Å². The van der Waals surface area contributed by atoms with Crippen molar-refractivity contribution >= 4 is 42.9 Å². The van der Waals surface area contributed by atoms with E-state index in [1.165, 1.54) is 0 Å². The van der Waals surface area contributed by atoms with Gasteiger partial charge < -0.3 is 4.43 Å². The first-order valence-electron chi connectivity index (χ1n) is 7.17. The van der Waals surface area contributed by atoms with Crippen LogP contribution in [-0.2, 0) is 9.22 Å². The van der Waals surface area contributed by atoms with E-state index in [0.29, 0.717) is 12.0 Å². The van der Waals surface area contributed by atoms with Gasteiger partial charge in [-0.25, -0.2) is 0 Å². The fourth-order valence-electron chi connectivity index (χ4n) is 2.92. The van der Waals surface area contributed by atoms with Gasteiger partial charge >= 0.3 is 0 Å². The van der Waals surface area contributed by atoms with Crippen molar-refractivity contribution in [3.63, 3.8) is 0 Å². The Hall–Kier alpha value is -0.873. The molecule has 5 heteroatoms. The second-order valence-electron chi connectivity index (χ2n) is 6.49. The lowest BCUT2D eigenvalue weighted by molar-refractivity contribution is -0.141. The van der Waals surface area contributed by atoms with Crippen LogP contribution in [0.2, 0.25) is 19.6 Å². The molecular formula is C17H20Cl2O2Si. The molecule has 22 heavy (non-hydrogen) atoms. The molecule has 1 aliphatic carbocycles. The third-order valence-electron chi connectivity index (χ3n) is 3.68. The predicted octanol–water partition coefficient (Wildman–Crippen LogP) is 5.20. The topological polar surface area (TPSA) is 26.3 Å². The molecule has 0 N–H and O–H groups in total. The van der Waals surface area contributed by atoms with Gasteiger partial charge in [-0.3, -0.25) is 4.79 Å². The first kappa shape index (κ1) is 17.5. The third kappa shape index (κ3) is 3.38. The number of rotatable bonds is 5. The number of benzene rings is 1. The lowest BCUT2D eigenvalue weighted by atomic mass is 9.64. The summed E-state index contributed by atoms with van der Waals surface area (Å²) in [4.78, 5) is 12.3. The van der Waals surface area contributed by atoms with Gasteiger partial charge in [-0.15, -0.1) is 6.58 Å². The molecule has 0 radical (unpaired) electrons. The van der Waals surface area contributed by atoms with E-state index >= 15 is 0 Å². The summed E-state index contributed by atoms with van der Waals surface area (Å²) in [6.07, 6.45) is 2.06. The molecule has 0 aromatic heterocycles. The first-order valence-corrected chi connectivity index (χ1v) is 11.3. The van der Waals surface area contributed by atoms with E-state index in [1.54, 1.807) is 6.08 Å². The minimum atomic E-state index is -1.87. The molecule has 1 aromatic rings. The maximum Gasteiger partial charge on any atom is 0.185 e. The van der Waals surface area contributed by atoms with E-state index in [4.69, 9.17) is 27.6 Å². The van der Waals surface area contributed by atoms with Crippen LogP contribution in [0.3, 0.4) is 0 Å². The van der Waals surface area contributed by atoms with Crippen LogP contribution in [0.1, 0.15) is 12.0 Å². The monoisotopic (exact) mass is 354 g/mol. The summed E-state index contributed by atoms with van der Waals surface area (Å²) < 4.78 is 6.40. The molecule has 0 unspecified atom stereocenters. The normalized spacial score (nSPS) is 24.6. The van der Waals surface area contributed by atoms with Crippen LogP contribution >= 0.6 is 23.2 Å². The molecule has 118 valence electrons. The zero-order chi connectivity index (χ0) is 16.5. The predicted molar refractivity (Wildman–Crippen MR) is 95.5 cm³/mol. The number of Topliss-reactive ketones (excluding diaryl/α,β-unsaturated/α-hetero) is 1. The van der Waals surface area contributed by atoms with Crippen molar-refractivity contribution in [2.45, 2.75) is 31.7 Å². The molecule has 0 bridgehead atoms. The van der Waals surface area contributed by atoms with Gasteiger partial charge in [0.15, 0.2) is 8.32 Å². The van der Waals surface area contributed by atoms with Crippen LogP contribution in [0.15, 0.2) is 47.5 Å². The largest absolute Gasteiger partial charge is 0.407 e. The molecule has 1 fully saturated rings. The zero-order valence-corrected chi connectivity index (χ0v) is 15.5. The lowest BCUT2D eigenvalue weighted by Gasteiger charge is -2.50. The summed E-state index contributed by atoms with van der Waals surface area (Å²) in [5.41, 5.74) is 0.756. The Morgan fingerprint density at radius 1 is 1.32 bits per heavy atom. The van der Waals surface area contributed by atoms with E-state index in [2.05, 4.69) is 26.2 Å². The molecule has 0 spiro atoms. The summed E-state index contributed by atoms with van der Waals surface area (Å²) in [7, 11) is -1.87. The second kappa shape index (κ2) is 6.32. The number of hydrogen-bond donors (Lipinski definition) is 0. The van der Waals surface area contributed by atoms with Crippen molar-refractivity contribution in [1.82, 2.24) is 0 Å². The first-order chi connectivity index (χ1) is 10.2. The lowest BCUT2D eigenvalue weighted by Crippen LogP contribution is -2.59. The molecule has 0 aliphatic heterocycles. The zero-order valence-electron chi connectivity index (χ0n) is 13.0. The fraction of sp³-hybridized carbons (Fsp3) is 0.353. The number of carbonyl (C=O) groups is 1. The van der Waals surface area contributed by atoms with Gasteiger partial charge in [0.05, 0.1) is 11.5 Å². The Morgan fingerprint density at radius 3 is 2.32 bits per heavy atom. The molecular weight excluding hydrogens is 335 g/mol. The molecule has 1 saturated carbocycles. The highest BCUT2D eigenvalue weighted by atomic mass is 35.5. The average molecular weight is 355 g/mol. The van der Waals surface area contributed by atoms with E-state index in [1.807, 2.05) is 30.3 Å². The van der Waals surface area contributed by atoms with Crippen molar-refractivity contribution in [3.05, 3.63) is 53.0 Å². The molecule has 2 atom stereocenters. The highest BCUT2D eigenvalue weighted by molar-refractivity contribution is 6.70. The molecule has 0 saturated heterocycles. The van der Waals surface area contributed by atoms with Crippen LogP contribution in [0.4, 0.5) is 0 Å². The van der Waals surface area contributed by atoms with Gasteiger partial charge in [-0.05, 0) is 25.2 Å². The summed E-state index contributed by atoms with van der Waals surface area (Å²) in [5.74, 6) is -0.417. The quantitative estimate of drug-likeness (QED) is 0.536. The molecule has 1 aromatic carbocycles. The summed E-state index contributed by atoms with van der Waals surface area (Å²) in [6.45, 7) is 10.2. The fourth-order valence-corrected chi connectivity index (χ4v) is 4.77. The van der Waals surface area contributed by atoms with E-state index in [-0.39, 0.29) is 10.3 Å². The number of halogens is 2. The Morgan fingerprint density at radius 2 is 1.91 bits per heavy atom. The molecule has 2 rings (SSSR count). The SMILES string of the molecule is C=C[C@@]1(O[Si](C)(C)C)CC(=O)[C@H]1C(=C(Cl)Cl)c1ccccc1. The van der Waals surface area contributed by atoms with Crippen molar-refractivity contribution in [3.8, 4) is 0 Å². The van der Waals surface area contributed by atoms with Crippen molar-refractivity contribution in [2.24, 2.45) is 5.92 Å². The van der Waals surface area contributed by atoms with Gasteiger partial charge in [0, 0.05) is 12.0 Å². The number of carbonyl (C=O) groups excluding carboxylic acids is 1. The average Bonchev–Trinajstić information content (AvgIpc) is 2.42. The Kier molecular flexibility index (Phi) is 5.02. The van der Waals surface area contributed by atoms with Crippen LogP contribution < -0.4 is 0 Å². The molecule has 1 aliphatic rings. The van der Waals surface area contributed by atoms with Gasteiger partial charge in [0.2, 0.25) is 0 Å².